The number of aryl methyl sites for hydroxylation is 2. The largest absolute Gasteiger partial charge is 0.871 e. The molecule has 0 atom stereocenters. The topological polar surface area (TPSA) is 57.3 Å². The van der Waals surface area contributed by atoms with Gasteiger partial charge in [-0.3, -0.25) is 4.79 Å². The third-order valence-corrected chi connectivity index (χ3v) is 8.12. The highest BCUT2D eigenvalue weighted by Crippen LogP contribution is 2.46. The van der Waals surface area contributed by atoms with Crippen LogP contribution in [0, 0.1) is 6.92 Å². The second kappa shape index (κ2) is 8.32. The quantitative estimate of drug-likeness (QED) is 0.276. The van der Waals surface area contributed by atoms with E-state index in [4.69, 9.17) is 4.74 Å². The number of fused-ring (bicyclic) bond motifs is 2. The number of carbonyl (C=O) groups is 1. The van der Waals surface area contributed by atoms with Crippen LogP contribution in [0.4, 0.5) is 5.69 Å². The van der Waals surface area contributed by atoms with Gasteiger partial charge in [-0.1, -0.05) is 47.7 Å². The molecular weight excluding hydrogens is 472 g/mol. The summed E-state index contributed by atoms with van der Waals surface area (Å²) in [6, 6.07) is 22.1. The maximum Gasteiger partial charge on any atom is 0.209 e. The molecule has 0 saturated carbocycles. The van der Waals surface area contributed by atoms with E-state index in [1.165, 1.54) is 0 Å². The van der Waals surface area contributed by atoms with Gasteiger partial charge in [-0.2, -0.15) is 4.58 Å². The predicted molar refractivity (Wildman–Crippen MR) is 150 cm³/mol. The summed E-state index contributed by atoms with van der Waals surface area (Å²) in [4.78, 5) is 13.8. The molecule has 3 aromatic carbocycles. The fourth-order valence-corrected chi connectivity index (χ4v) is 6.05. The second-order valence-electron chi connectivity index (χ2n) is 10.7. The van der Waals surface area contributed by atoms with E-state index in [1.54, 1.807) is 13.2 Å². The maximum atomic E-state index is 13.8. The van der Waals surface area contributed by atoms with E-state index in [-0.39, 0.29) is 22.7 Å². The van der Waals surface area contributed by atoms with Crippen molar-refractivity contribution in [3.05, 3.63) is 101 Å². The van der Waals surface area contributed by atoms with Crippen molar-refractivity contribution in [3.8, 4) is 17.0 Å². The minimum atomic E-state index is -0.395. The maximum absolute atomic E-state index is 13.8. The Morgan fingerprint density at radius 3 is 2.45 bits per heavy atom. The second-order valence-corrected chi connectivity index (χ2v) is 10.7. The number of hydrogen-bond acceptors (Lipinski definition) is 3. The highest BCUT2D eigenvalue weighted by atomic mass is 16.5. The molecule has 2 aliphatic rings. The molecule has 0 saturated heterocycles. The van der Waals surface area contributed by atoms with Gasteiger partial charge in [-0.05, 0) is 50.6 Å². The zero-order valence-electron chi connectivity index (χ0n) is 22.5. The van der Waals surface area contributed by atoms with Crippen molar-refractivity contribution in [1.29, 1.82) is 0 Å². The van der Waals surface area contributed by atoms with Gasteiger partial charge in [0.1, 0.15) is 12.8 Å². The van der Waals surface area contributed by atoms with E-state index in [0.717, 1.165) is 56.0 Å². The standard InChI is InChI=1S/C33H30N2O3/c1-19-12-14-25-22(16-19)28(30(35(25)5)20-10-8-7-9-11-20)29-31(36)23(32(29)37)18-27-33(2,3)24-17-21(38-6)13-15-26(24)34(27)4/h7-18H,1-6H3. The summed E-state index contributed by atoms with van der Waals surface area (Å²) in [5, 5.41) is 14.7. The number of Topliss-reactive ketones (excluding diaryl/α,β-unsaturated/α-hetero) is 1. The van der Waals surface area contributed by atoms with Crippen molar-refractivity contribution in [1.82, 2.24) is 4.57 Å². The van der Waals surface area contributed by atoms with E-state index < -0.39 is 5.41 Å². The van der Waals surface area contributed by atoms with Crippen LogP contribution in [0.15, 0.2) is 84.1 Å². The summed E-state index contributed by atoms with van der Waals surface area (Å²) in [5.74, 6) is 0.378. The van der Waals surface area contributed by atoms with Crippen LogP contribution in [-0.4, -0.2) is 34.8 Å². The minimum absolute atomic E-state index is 0.202. The molecule has 1 aliphatic heterocycles. The Labute approximate surface area is 222 Å². The van der Waals surface area contributed by atoms with Gasteiger partial charge < -0.3 is 14.4 Å². The van der Waals surface area contributed by atoms with Crippen LogP contribution in [0.5, 0.6) is 5.75 Å². The zero-order chi connectivity index (χ0) is 26.9. The molecule has 4 aromatic rings. The molecule has 5 heteroatoms. The van der Waals surface area contributed by atoms with E-state index >= 15 is 0 Å². The first kappa shape index (κ1) is 24.0. The van der Waals surface area contributed by atoms with Gasteiger partial charge in [-0.15, -0.1) is 0 Å². The van der Waals surface area contributed by atoms with E-state index in [1.807, 2.05) is 69.6 Å². The third-order valence-electron chi connectivity index (χ3n) is 8.12. The number of carbonyl (C=O) groups excluding carboxylic acids is 1. The summed E-state index contributed by atoms with van der Waals surface area (Å²) >= 11 is 0. The highest BCUT2D eigenvalue weighted by molar-refractivity contribution is 6.42. The first-order valence-corrected chi connectivity index (χ1v) is 12.8. The van der Waals surface area contributed by atoms with E-state index in [9.17, 15) is 9.90 Å². The van der Waals surface area contributed by atoms with Crippen LogP contribution in [0.2, 0.25) is 0 Å². The molecule has 0 unspecified atom stereocenters. The molecule has 190 valence electrons. The summed E-state index contributed by atoms with van der Waals surface area (Å²) in [6.07, 6.45) is 1.79. The molecule has 0 N–H and O–H groups in total. The van der Waals surface area contributed by atoms with Crippen molar-refractivity contribution in [2.24, 2.45) is 7.05 Å². The predicted octanol–water partition coefficient (Wildman–Crippen LogP) is 5.45. The van der Waals surface area contributed by atoms with Crippen LogP contribution in [0.1, 0.15) is 30.5 Å². The van der Waals surface area contributed by atoms with Crippen molar-refractivity contribution in [2.75, 3.05) is 14.2 Å². The Morgan fingerprint density at radius 1 is 1.03 bits per heavy atom. The first-order chi connectivity index (χ1) is 18.1. The fraction of sp³-hybridized carbons (Fsp3) is 0.212. The molecule has 5 nitrogen and oxygen atoms in total. The smallest absolute Gasteiger partial charge is 0.209 e. The molecule has 0 spiro atoms. The van der Waals surface area contributed by atoms with Crippen LogP contribution in [0.3, 0.4) is 0 Å². The van der Waals surface area contributed by atoms with Gasteiger partial charge in [0.15, 0.2) is 11.5 Å². The number of ether oxygens (including phenoxy) is 1. The SMILES string of the molecule is COc1ccc2c(c1)C(C)(C)C(/C=C1/C(=O)C(c3c(-c4ccccc4)n(C)c4ccc(C)cc34)=C1[O-])=[N+]2C. The number of benzene rings is 3. The normalized spacial score (nSPS) is 17.4. The molecule has 6 rings (SSSR count). The Morgan fingerprint density at radius 2 is 1.76 bits per heavy atom. The third kappa shape index (κ3) is 3.24. The number of ketones is 1. The molecule has 0 fully saturated rings. The summed E-state index contributed by atoms with van der Waals surface area (Å²) in [7, 11) is 5.62. The Bertz CT molecular complexity index is 1770. The number of nitrogens with zero attached hydrogens (tertiary/aromatic N) is 2. The minimum Gasteiger partial charge on any atom is -0.871 e. The molecule has 1 aromatic heterocycles. The van der Waals surface area contributed by atoms with Gasteiger partial charge in [0.05, 0.1) is 18.2 Å². The first-order valence-electron chi connectivity index (χ1n) is 12.8. The lowest BCUT2D eigenvalue weighted by molar-refractivity contribution is -0.401. The number of rotatable bonds is 4. The molecule has 0 bridgehead atoms. The monoisotopic (exact) mass is 502 g/mol. The van der Waals surface area contributed by atoms with Crippen molar-refractivity contribution >= 4 is 33.7 Å². The van der Waals surface area contributed by atoms with E-state index in [0.29, 0.717) is 0 Å². The lowest BCUT2D eigenvalue weighted by Gasteiger charge is -2.31. The summed E-state index contributed by atoms with van der Waals surface area (Å²) < 4.78 is 9.60. The van der Waals surface area contributed by atoms with Crippen LogP contribution < -0.4 is 9.84 Å². The Balaban J connectivity index is 1.53. The number of methoxy groups -OCH3 is 1. The van der Waals surface area contributed by atoms with Gasteiger partial charge >= 0.3 is 0 Å². The highest BCUT2D eigenvalue weighted by Gasteiger charge is 2.45. The molecule has 1 aliphatic carbocycles. The molecule has 2 heterocycles. The molecular formula is C33H30N2O3. The van der Waals surface area contributed by atoms with Crippen molar-refractivity contribution in [3.63, 3.8) is 0 Å². The Kier molecular flexibility index (Phi) is 5.25. The number of aromatic nitrogens is 1. The van der Waals surface area contributed by atoms with Gasteiger partial charge in [0, 0.05) is 52.4 Å². The van der Waals surface area contributed by atoms with Gasteiger partial charge in [0.25, 0.3) is 0 Å². The molecule has 0 amide bonds. The average Bonchev–Trinajstić information content (AvgIpc) is 3.29. The fourth-order valence-electron chi connectivity index (χ4n) is 6.05. The number of hydrogen-bond donors (Lipinski definition) is 0. The van der Waals surface area contributed by atoms with Crippen LogP contribution >= 0.6 is 0 Å². The average molecular weight is 503 g/mol. The van der Waals surface area contributed by atoms with Crippen molar-refractivity contribution < 1.29 is 19.2 Å². The Hall–Kier alpha value is -4.38. The van der Waals surface area contributed by atoms with Crippen LogP contribution in [0.25, 0.3) is 27.7 Å². The van der Waals surface area contributed by atoms with Crippen molar-refractivity contribution in [2.45, 2.75) is 26.2 Å². The van der Waals surface area contributed by atoms with Gasteiger partial charge in [-0.25, -0.2) is 0 Å². The lowest BCUT2D eigenvalue weighted by Crippen LogP contribution is -2.33. The zero-order valence-corrected chi connectivity index (χ0v) is 22.5. The molecule has 38 heavy (non-hydrogen) atoms. The lowest BCUT2D eigenvalue weighted by atomic mass is 9.77. The number of allylic oxidation sites excluding steroid dienone is 3. The molecule has 0 radical (unpaired) electrons. The summed E-state index contributed by atoms with van der Waals surface area (Å²) in [6.45, 7) is 6.25. The van der Waals surface area contributed by atoms with E-state index in [2.05, 4.69) is 41.2 Å². The summed E-state index contributed by atoms with van der Waals surface area (Å²) in [5.41, 5.74) is 7.81. The van der Waals surface area contributed by atoms with Crippen LogP contribution in [-0.2, 0) is 17.3 Å². The van der Waals surface area contributed by atoms with Gasteiger partial charge in [0.2, 0.25) is 5.69 Å².